The van der Waals surface area contributed by atoms with Crippen molar-refractivity contribution < 1.29 is 18.6 Å². The summed E-state index contributed by atoms with van der Waals surface area (Å²) in [7, 11) is 0. The van der Waals surface area contributed by atoms with E-state index in [4.69, 9.17) is 14.2 Å². The summed E-state index contributed by atoms with van der Waals surface area (Å²) in [5.74, 6) is 1.10. The fraction of sp³-hybridized carbons (Fsp3) is 0.350. The molecule has 0 spiro atoms. The fourth-order valence-corrected chi connectivity index (χ4v) is 3.58. The molecule has 5 nitrogen and oxygen atoms in total. The van der Waals surface area contributed by atoms with Crippen LogP contribution in [0.15, 0.2) is 36.4 Å². The van der Waals surface area contributed by atoms with Crippen LogP contribution in [0, 0.1) is 17.1 Å². The lowest BCUT2D eigenvalue weighted by Crippen LogP contribution is -2.40. The lowest BCUT2D eigenvalue weighted by Gasteiger charge is -2.38. The number of halogens is 1. The third-order valence-electron chi connectivity index (χ3n) is 5.15. The monoisotopic (exact) mass is 354 g/mol. The standard InChI is InChI=1S/C20H19FN2O3/c21-16-2-3-17(14(9-16)11-22)23-12-20(5-7-24-8-6-20)15-1-4-18-19(10-15)26-13-25-18/h1-4,9-10,23H,5-8,12-13H2. The number of hydrogen-bond acceptors (Lipinski definition) is 5. The molecule has 26 heavy (non-hydrogen) atoms. The zero-order valence-electron chi connectivity index (χ0n) is 14.3. The molecule has 1 fully saturated rings. The van der Waals surface area contributed by atoms with E-state index in [2.05, 4.69) is 11.4 Å². The van der Waals surface area contributed by atoms with Gasteiger partial charge in [-0.3, -0.25) is 0 Å². The maximum Gasteiger partial charge on any atom is 0.231 e. The highest BCUT2D eigenvalue weighted by Crippen LogP contribution is 2.41. The second-order valence-corrected chi connectivity index (χ2v) is 6.62. The van der Waals surface area contributed by atoms with E-state index in [1.165, 1.54) is 12.1 Å². The Morgan fingerprint density at radius 2 is 1.88 bits per heavy atom. The minimum Gasteiger partial charge on any atom is -0.454 e. The molecule has 0 amide bonds. The molecule has 2 aromatic rings. The van der Waals surface area contributed by atoms with E-state index < -0.39 is 5.82 Å². The molecular formula is C20H19FN2O3. The topological polar surface area (TPSA) is 63.5 Å². The number of nitrogens with zero attached hydrogens (tertiary/aromatic N) is 1. The van der Waals surface area contributed by atoms with Crippen LogP contribution in [0.1, 0.15) is 24.0 Å². The van der Waals surface area contributed by atoms with Crippen molar-refractivity contribution in [3.05, 3.63) is 53.3 Å². The number of rotatable bonds is 4. The molecule has 0 aliphatic carbocycles. The Hall–Kier alpha value is -2.78. The van der Waals surface area contributed by atoms with Crippen molar-refractivity contribution in [2.75, 3.05) is 31.9 Å². The molecule has 0 radical (unpaired) electrons. The van der Waals surface area contributed by atoms with E-state index in [0.717, 1.165) is 29.9 Å². The number of fused-ring (bicyclic) bond motifs is 1. The summed E-state index contributed by atoms with van der Waals surface area (Å²) in [5.41, 5.74) is 1.94. The molecular weight excluding hydrogens is 335 g/mol. The summed E-state index contributed by atoms with van der Waals surface area (Å²) >= 11 is 0. The highest BCUT2D eigenvalue weighted by atomic mass is 19.1. The molecule has 2 heterocycles. The quantitative estimate of drug-likeness (QED) is 0.909. The second kappa shape index (κ2) is 6.85. The highest BCUT2D eigenvalue weighted by molar-refractivity contribution is 5.58. The van der Waals surface area contributed by atoms with Crippen molar-refractivity contribution in [3.8, 4) is 17.6 Å². The Kier molecular flexibility index (Phi) is 4.39. The maximum atomic E-state index is 13.4. The minimum atomic E-state index is -0.413. The summed E-state index contributed by atoms with van der Waals surface area (Å²) in [4.78, 5) is 0. The molecule has 134 valence electrons. The van der Waals surface area contributed by atoms with Gasteiger partial charge < -0.3 is 19.5 Å². The van der Waals surface area contributed by atoms with Gasteiger partial charge in [0.15, 0.2) is 11.5 Å². The number of nitriles is 1. The molecule has 1 N–H and O–H groups in total. The van der Waals surface area contributed by atoms with Crippen molar-refractivity contribution in [2.45, 2.75) is 18.3 Å². The predicted molar refractivity (Wildman–Crippen MR) is 93.9 cm³/mol. The zero-order valence-corrected chi connectivity index (χ0v) is 14.3. The molecule has 6 heteroatoms. The smallest absolute Gasteiger partial charge is 0.231 e. The van der Waals surface area contributed by atoms with Crippen molar-refractivity contribution in [3.63, 3.8) is 0 Å². The van der Waals surface area contributed by atoms with Gasteiger partial charge in [-0.05, 0) is 48.7 Å². The van der Waals surface area contributed by atoms with Crippen LogP contribution < -0.4 is 14.8 Å². The van der Waals surface area contributed by atoms with E-state index in [1.54, 1.807) is 6.07 Å². The third kappa shape index (κ3) is 3.06. The molecule has 0 saturated carbocycles. The Morgan fingerprint density at radius 1 is 1.08 bits per heavy atom. The molecule has 4 rings (SSSR count). The van der Waals surface area contributed by atoms with Gasteiger partial charge >= 0.3 is 0 Å². The number of nitrogens with one attached hydrogen (secondary N) is 1. The first-order valence-corrected chi connectivity index (χ1v) is 8.62. The molecule has 0 aromatic heterocycles. The summed E-state index contributed by atoms with van der Waals surface area (Å²) in [5, 5.41) is 12.6. The van der Waals surface area contributed by atoms with Crippen molar-refractivity contribution >= 4 is 5.69 Å². The Labute approximate surface area is 151 Å². The van der Waals surface area contributed by atoms with Gasteiger partial charge in [-0.1, -0.05) is 6.07 Å². The van der Waals surface area contributed by atoms with Crippen molar-refractivity contribution in [2.24, 2.45) is 0 Å². The van der Waals surface area contributed by atoms with Crippen LogP contribution in [0.25, 0.3) is 0 Å². The third-order valence-corrected chi connectivity index (χ3v) is 5.15. The highest BCUT2D eigenvalue weighted by Gasteiger charge is 2.35. The van der Waals surface area contributed by atoms with Crippen LogP contribution in [0.2, 0.25) is 0 Å². The van der Waals surface area contributed by atoms with Crippen molar-refractivity contribution in [1.82, 2.24) is 0 Å². The largest absolute Gasteiger partial charge is 0.454 e. The van der Waals surface area contributed by atoms with Gasteiger partial charge in [0.25, 0.3) is 0 Å². The Morgan fingerprint density at radius 3 is 2.69 bits per heavy atom. The molecule has 0 atom stereocenters. The van der Waals surface area contributed by atoms with E-state index in [1.807, 2.05) is 18.2 Å². The molecule has 0 bridgehead atoms. The first-order valence-electron chi connectivity index (χ1n) is 8.62. The lowest BCUT2D eigenvalue weighted by atomic mass is 9.74. The SMILES string of the molecule is N#Cc1cc(F)ccc1NCC1(c2ccc3c(c2)OCO3)CCOCC1. The Bertz CT molecular complexity index is 857. The van der Waals surface area contributed by atoms with Gasteiger partial charge in [0.2, 0.25) is 6.79 Å². The number of benzene rings is 2. The Balaban J connectivity index is 1.62. The van der Waals surface area contributed by atoms with Crippen LogP contribution in [0.3, 0.4) is 0 Å². The number of anilines is 1. The van der Waals surface area contributed by atoms with E-state index >= 15 is 0 Å². The molecule has 2 aromatic carbocycles. The average molecular weight is 354 g/mol. The van der Waals surface area contributed by atoms with Gasteiger partial charge in [-0.15, -0.1) is 0 Å². The lowest BCUT2D eigenvalue weighted by molar-refractivity contribution is 0.0543. The molecule has 1 saturated heterocycles. The fourth-order valence-electron chi connectivity index (χ4n) is 3.58. The van der Waals surface area contributed by atoms with Gasteiger partial charge in [0.05, 0.1) is 11.3 Å². The summed E-state index contributed by atoms with van der Waals surface area (Å²) in [6.07, 6.45) is 1.70. The number of ether oxygens (including phenoxy) is 3. The van der Waals surface area contributed by atoms with Crippen LogP contribution in [0.4, 0.5) is 10.1 Å². The van der Waals surface area contributed by atoms with E-state index in [9.17, 15) is 9.65 Å². The number of hydrogen-bond donors (Lipinski definition) is 1. The first-order chi connectivity index (χ1) is 12.7. The van der Waals surface area contributed by atoms with Crippen LogP contribution >= 0.6 is 0 Å². The van der Waals surface area contributed by atoms with Gasteiger partial charge in [0, 0.05) is 25.2 Å². The summed E-state index contributed by atoms with van der Waals surface area (Å²) in [6, 6.07) is 12.3. The van der Waals surface area contributed by atoms with Crippen molar-refractivity contribution in [1.29, 1.82) is 5.26 Å². The van der Waals surface area contributed by atoms with Crippen LogP contribution in [-0.2, 0) is 10.2 Å². The van der Waals surface area contributed by atoms with Gasteiger partial charge in [0.1, 0.15) is 11.9 Å². The second-order valence-electron chi connectivity index (χ2n) is 6.62. The first kappa shape index (κ1) is 16.7. The minimum absolute atomic E-state index is 0.152. The summed E-state index contributed by atoms with van der Waals surface area (Å²) < 4.78 is 29.9. The maximum absolute atomic E-state index is 13.4. The molecule has 2 aliphatic rings. The molecule has 2 aliphatic heterocycles. The van der Waals surface area contributed by atoms with Crippen LogP contribution in [-0.4, -0.2) is 26.6 Å². The zero-order chi connectivity index (χ0) is 18.0. The van der Waals surface area contributed by atoms with Gasteiger partial charge in [-0.2, -0.15) is 5.26 Å². The molecule has 0 unspecified atom stereocenters. The van der Waals surface area contributed by atoms with E-state index in [-0.39, 0.29) is 12.2 Å². The van der Waals surface area contributed by atoms with Gasteiger partial charge in [-0.25, -0.2) is 4.39 Å². The summed E-state index contributed by atoms with van der Waals surface area (Å²) in [6.45, 7) is 2.21. The average Bonchev–Trinajstić information content (AvgIpc) is 3.15. The van der Waals surface area contributed by atoms with E-state index in [0.29, 0.717) is 31.0 Å². The van der Waals surface area contributed by atoms with Crippen LogP contribution in [0.5, 0.6) is 11.5 Å². The normalized spacial score (nSPS) is 17.5. The predicted octanol–water partition coefficient (Wildman–Crippen LogP) is 3.59.